The Balaban J connectivity index is 1.77. The minimum absolute atomic E-state index is 0.0828. The lowest BCUT2D eigenvalue weighted by molar-refractivity contribution is -0.171. The summed E-state index contributed by atoms with van der Waals surface area (Å²) in [5, 5.41) is 0. The van der Waals surface area contributed by atoms with Crippen LogP contribution in [0.4, 0.5) is 0 Å². The molecule has 30 heavy (non-hydrogen) atoms. The Labute approximate surface area is 185 Å². The van der Waals surface area contributed by atoms with Crippen molar-refractivity contribution in [2.45, 2.75) is 106 Å². The van der Waals surface area contributed by atoms with Gasteiger partial charge in [0.05, 0.1) is 12.0 Å². The molecule has 0 aromatic carbocycles. The van der Waals surface area contributed by atoms with Crippen molar-refractivity contribution in [2.75, 3.05) is 6.61 Å². The van der Waals surface area contributed by atoms with Gasteiger partial charge in [-0.25, -0.2) is 0 Å². The molecule has 0 saturated heterocycles. The van der Waals surface area contributed by atoms with Gasteiger partial charge >= 0.3 is 5.97 Å². The molecule has 2 nitrogen and oxygen atoms in total. The molecule has 0 radical (unpaired) electrons. The lowest BCUT2D eigenvalue weighted by Gasteiger charge is -2.57. The molecule has 3 aliphatic rings. The lowest BCUT2D eigenvalue weighted by atomic mass is 9.47. The zero-order valence-electron chi connectivity index (χ0n) is 20.6. The first kappa shape index (κ1) is 23.6. The number of ether oxygens (including phenoxy) is 1. The topological polar surface area (TPSA) is 26.3 Å². The van der Waals surface area contributed by atoms with Crippen LogP contribution in [0.1, 0.15) is 106 Å². The molecule has 0 N–H and O–H groups in total. The number of rotatable bonds is 8. The molecule has 0 heterocycles. The van der Waals surface area contributed by atoms with E-state index in [1.54, 1.807) is 11.1 Å². The molecule has 1 saturated carbocycles. The highest BCUT2D eigenvalue weighted by atomic mass is 16.5. The Hall–Kier alpha value is -1.05. The number of fused-ring (bicyclic) bond motifs is 3. The van der Waals surface area contributed by atoms with E-state index in [1.807, 2.05) is 0 Å². The van der Waals surface area contributed by atoms with Gasteiger partial charge < -0.3 is 4.74 Å². The van der Waals surface area contributed by atoms with Crippen LogP contribution in [0.15, 0.2) is 23.3 Å². The number of hydrogen-bond acceptors (Lipinski definition) is 2. The number of carbonyl (C=O) groups is 1. The SMILES string of the molecule is CCCCC(CC)COC(=O)[C@]1(C)CCC[C@@]2(C)[C@H]1CC=C1C=C(C(C)C)CC[C@@H]12. The molecule has 0 aliphatic heterocycles. The summed E-state index contributed by atoms with van der Waals surface area (Å²) in [6.07, 6.45) is 16.6. The monoisotopic (exact) mass is 414 g/mol. The standard InChI is InChI=1S/C28H46O2/c1-7-9-11-21(8-2)19-30-26(29)28(6)17-10-16-27(5)24-14-12-22(20(3)4)18-23(24)13-15-25(27)28/h13,18,20-21,24-25H,7-12,14-17,19H2,1-6H3/t21?,24-,25+,27+,28+/m0/s1. The second-order valence-corrected chi connectivity index (χ2v) is 11.2. The third kappa shape index (κ3) is 4.44. The number of carbonyl (C=O) groups excluding carboxylic acids is 1. The van der Waals surface area contributed by atoms with E-state index in [2.05, 4.69) is 53.7 Å². The van der Waals surface area contributed by atoms with Crippen LogP contribution in [-0.4, -0.2) is 12.6 Å². The summed E-state index contributed by atoms with van der Waals surface area (Å²) in [4.78, 5) is 13.5. The highest BCUT2D eigenvalue weighted by Gasteiger charge is 2.57. The van der Waals surface area contributed by atoms with Crippen LogP contribution in [-0.2, 0) is 9.53 Å². The van der Waals surface area contributed by atoms with Gasteiger partial charge in [0.1, 0.15) is 0 Å². The van der Waals surface area contributed by atoms with Crippen LogP contribution in [0, 0.1) is 34.5 Å². The fourth-order valence-electron chi connectivity index (χ4n) is 6.85. The molecule has 3 rings (SSSR count). The molecule has 0 spiro atoms. The zero-order valence-corrected chi connectivity index (χ0v) is 20.6. The first-order chi connectivity index (χ1) is 14.3. The summed E-state index contributed by atoms with van der Waals surface area (Å²) >= 11 is 0. The molecule has 170 valence electrons. The van der Waals surface area contributed by atoms with Crippen LogP contribution in [0.3, 0.4) is 0 Å². The van der Waals surface area contributed by atoms with E-state index in [1.165, 1.54) is 38.5 Å². The predicted molar refractivity (Wildman–Crippen MR) is 126 cm³/mol. The molecular formula is C28H46O2. The van der Waals surface area contributed by atoms with Crippen LogP contribution in [0.25, 0.3) is 0 Å². The van der Waals surface area contributed by atoms with Crippen LogP contribution >= 0.6 is 0 Å². The molecule has 1 unspecified atom stereocenters. The Bertz CT molecular complexity index is 672. The number of esters is 1. The molecule has 0 bridgehead atoms. The number of hydrogen-bond donors (Lipinski definition) is 0. The first-order valence-electron chi connectivity index (χ1n) is 12.8. The fraction of sp³-hybridized carbons (Fsp3) is 0.821. The second kappa shape index (κ2) is 9.61. The maximum atomic E-state index is 13.5. The highest BCUT2D eigenvalue weighted by molar-refractivity contribution is 5.77. The Morgan fingerprint density at radius 3 is 2.67 bits per heavy atom. The summed E-state index contributed by atoms with van der Waals surface area (Å²) in [6.45, 7) is 14.4. The minimum atomic E-state index is -0.333. The summed E-state index contributed by atoms with van der Waals surface area (Å²) in [7, 11) is 0. The van der Waals surface area contributed by atoms with Crippen LogP contribution < -0.4 is 0 Å². The first-order valence-corrected chi connectivity index (χ1v) is 12.8. The quantitative estimate of drug-likeness (QED) is 0.377. The molecule has 0 aromatic heterocycles. The van der Waals surface area contributed by atoms with Gasteiger partial charge in [-0.2, -0.15) is 0 Å². The number of allylic oxidation sites excluding steroid dienone is 4. The highest BCUT2D eigenvalue weighted by Crippen LogP contribution is 2.62. The van der Waals surface area contributed by atoms with Crippen molar-refractivity contribution in [2.24, 2.45) is 34.5 Å². The predicted octanol–water partition coefficient (Wildman–Crippen LogP) is 7.88. The van der Waals surface area contributed by atoms with Gasteiger partial charge in [-0.1, -0.05) is 78.0 Å². The number of unbranched alkanes of at least 4 members (excludes halogenated alkanes) is 1. The largest absolute Gasteiger partial charge is 0.465 e. The third-order valence-electron chi connectivity index (χ3n) is 9.04. The van der Waals surface area contributed by atoms with Gasteiger partial charge in [-0.15, -0.1) is 0 Å². The van der Waals surface area contributed by atoms with E-state index < -0.39 is 0 Å². The van der Waals surface area contributed by atoms with Gasteiger partial charge in [0.2, 0.25) is 0 Å². The van der Waals surface area contributed by atoms with Crippen LogP contribution in [0.5, 0.6) is 0 Å². The second-order valence-electron chi connectivity index (χ2n) is 11.2. The molecule has 0 amide bonds. The third-order valence-corrected chi connectivity index (χ3v) is 9.04. The molecule has 5 atom stereocenters. The van der Waals surface area contributed by atoms with E-state index in [-0.39, 0.29) is 16.8 Å². The van der Waals surface area contributed by atoms with E-state index in [4.69, 9.17) is 4.74 Å². The van der Waals surface area contributed by atoms with Crippen LogP contribution in [0.2, 0.25) is 0 Å². The summed E-state index contributed by atoms with van der Waals surface area (Å²) in [6, 6.07) is 0. The summed E-state index contributed by atoms with van der Waals surface area (Å²) < 4.78 is 6.04. The molecule has 0 aromatic rings. The summed E-state index contributed by atoms with van der Waals surface area (Å²) in [5.74, 6) is 2.26. The Morgan fingerprint density at radius 2 is 2.00 bits per heavy atom. The van der Waals surface area contributed by atoms with Gasteiger partial charge in [0.15, 0.2) is 0 Å². The van der Waals surface area contributed by atoms with Crippen molar-refractivity contribution in [3.63, 3.8) is 0 Å². The van der Waals surface area contributed by atoms with Gasteiger partial charge in [-0.3, -0.25) is 4.79 Å². The van der Waals surface area contributed by atoms with Crippen molar-refractivity contribution in [1.29, 1.82) is 0 Å². The maximum Gasteiger partial charge on any atom is 0.312 e. The van der Waals surface area contributed by atoms with E-state index in [9.17, 15) is 4.79 Å². The normalized spacial score (nSPS) is 34.5. The average molecular weight is 415 g/mol. The molecule has 1 fully saturated rings. The Morgan fingerprint density at radius 1 is 1.23 bits per heavy atom. The van der Waals surface area contributed by atoms with E-state index >= 15 is 0 Å². The van der Waals surface area contributed by atoms with E-state index in [0.29, 0.717) is 30.3 Å². The Kier molecular flexibility index (Phi) is 7.57. The smallest absolute Gasteiger partial charge is 0.312 e. The average Bonchev–Trinajstić information content (AvgIpc) is 2.73. The van der Waals surface area contributed by atoms with Crippen molar-refractivity contribution < 1.29 is 9.53 Å². The molecule has 3 aliphatic carbocycles. The summed E-state index contributed by atoms with van der Waals surface area (Å²) in [5.41, 5.74) is 3.06. The van der Waals surface area contributed by atoms with Crippen molar-refractivity contribution in [3.05, 3.63) is 23.3 Å². The maximum absolute atomic E-state index is 13.5. The molecule has 2 heteroatoms. The lowest BCUT2D eigenvalue weighted by Crippen LogP contribution is -2.53. The van der Waals surface area contributed by atoms with Gasteiger partial charge in [-0.05, 0) is 80.1 Å². The van der Waals surface area contributed by atoms with E-state index in [0.717, 1.165) is 25.7 Å². The van der Waals surface area contributed by atoms with Crippen molar-refractivity contribution >= 4 is 5.97 Å². The van der Waals surface area contributed by atoms with Gasteiger partial charge in [0, 0.05) is 0 Å². The van der Waals surface area contributed by atoms with Crippen molar-refractivity contribution in [3.8, 4) is 0 Å². The van der Waals surface area contributed by atoms with Gasteiger partial charge in [0.25, 0.3) is 0 Å². The minimum Gasteiger partial charge on any atom is -0.465 e. The van der Waals surface area contributed by atoms with Crippen molar-refractivity contribution in [1.82, 2.24) is 0 Å². The zero-order chi connectivity index (χ0) is 21.9. The molecular weight excluding hydrogens is 368 g/mol. The fourth-order valence-corrected chi connectivity index (χ4v) is 6.85.